The van der Waals surface area contributed by atoms with Gasteiger partial charge in [0.05, 0.1) is 0 Å². The minimum absolute atomic E-state index is 0.00357. The van der Waals surface area contributed by atoms with Crippen LogP contribution in [0.5, 0.6) is 0 Å². The summed E-state index contributed by atoms with van der Waals surface area (Å²) in [6, 6.07) is 8.03. The van der Waals surface area contributed by atoms with E-state index in [0.29, 0.717) is 5.78 Å². The van der Waals surface area contributed by atoms with Crippen LogP contribution in [0.25, 0.3) is 0 Å². The molecule has 21 heavy (non-hydrogen) atoms. The van der Waals surface area contributed by atoms with Crippen LogP contribution >= 0.6 is 0 Å². The van der Waals surface area contributed by atoms with Gasteiger partial charge >= 0.3 is 0 Å². The molecule has 3 nitrogen and oxygen atoms in total. The highest BCUT2D eigenvalue weighted by Gasteiger charge is 2.41. The van der Waals surface area contributed by atoms with Gasteiger partial charge in [0.2, 0.25) is 5.91 Å². The number of ketones is 1. The summed E-state index contributed by atoms with van der Waals surface area (Å²) in [4.78, 5) is 24.5. The Kier molecular flexibility index (Phi) is 4.09. The molecule has 1 amide bonds. The molecule has 1 aromatic carbocycles. The Balaban J connectivity index is 1.64. The molecule has 0 spiro atoms. The first-order valence-corrected chi connectivity index (χ1v) is 8.11. The van der Waals surface area contributed by atoms with E-state index in [1.807, 2.05) is 12.1 Å². The van der Waals surface area contributed by atoms with Gasteiger partial charge in [-0.1, -0.05) is 25.5 Å². The molecule has 2 bridgehead atoms. The van der Waals surface area contributed by atoms with Crippen LogP contribution in [0.3, 0.4) is 0 Å². The number of nitrogens with one attached hydrogen (secondary N) is 1. The predicted octanol–water partition coefficient (Wildman–Crippen LogP) is 3.58. The molecule has 0 aliphatic heterocycles. The first kappa shape index (κ1) is 14.3. The van der Waals surface area contributed by atoms with Gasteiger partial charge in [0.1, 0.15) is 5.78 Å². The van der Waals surface area contributed by atoms with Crippen molar-refractivity contribution >= 4 is 17.4 Å². The molecular formula is C18H23NO2. The Morgan fingerprint density at radius 3 is 2.33 bits per heavy atom. The van der Waals surface area contributed by atoms with Gasteiger partial charge in [-0.3, -0.25) is 9.59 Å². The molecule has 0 heterocycles. The van der Waals surface area contributed by atoms with Crippen LogP contribution in [0.1, 0.15) is 44.6 Å². The van der Waals surface area contributed by atoms with E-state index in [9.17, 15) is 9.59 Å². The lowest BCUT2D eigenvalue weighted by Gasteiger charge is -2.36. The number of carbonyl (C=O) groups excluding carboxylic acids is 2. The summed E-state index contributed by atoms with van der Waals surface area (Å²) in [5.41, 5.74) is 2.13. The topological polar surface area (TPSA) is 46.2 Å². The first-order chi connectivity index (χ1) is 10.2. The maximum absolute atomic E-state index is 12.4. The summed E-state index contributed by atoms with van der Waals surface area (Å²) < 4.78 is 0. The molecule has 2 aliphatic rings. The van der Waals surface area contributed by atoms with Gasteiger partial charge in [-0.2, -0.15) is 0 Å². The highest BCUT2D eigenvalue weighted by molar-refractivity contribution is 5.95. The molecule has 3 atom stereocenters. The van der Waals surface area contributed by atoms with Gasteiger partial charge in [0, 0.05) is 23.4 Å². The highest BCUT2D eigenvalue weighted by Crippen LogP contribution is 2.40. The number of benzene rings is 1. The van der Waals surface area contributed by atoms with E-state index in [1.165, 1.54) is 5.56 Å². The fraction of sp³-hybridized carbons (Fsp3) is 0.556. The molecule has 2 aliphatic carbocycles. The van der Waals surface area contributed by atoms with Crippen molar-refractivity contribution in [2.75, 3.05) is 5.32 Å². The quantitative estimate of drug-likeness (QED) is 0.922. The van der Waals surface area contributed by atoms with E-state index in [0.717, 1.165) is 44.2 Å². The summed E-state index contributed by atoms with van der Waals surface area (Å²) in [6.45, 7) is 2.12. The normalized spacial score (nSPS) is 28.2. The summed E-state index contributed by atoms with van der Waals surface area (Å²) in [7, 11) is 0. The fourth-order valence-electron chi connectivity index (χ4n) is 3.76. The number of fused-ring (bicyclic) bond motifs is 2. The number of carbonyl (C=O) groups is 2. The monoisotopic (exact) mass is 285 g/mol. The van der Waals surface area contributed by atoms with Gasteiger partial charge < -0.3 is 5.32 Å². The van der Waals surface area contributed by atoms with Gasteiger partial charge in [-0.25, -0.2) is 0 Å². The molecule has 1 N–H and O–H groups in total. The van der Waals surface area contributed by atoms with Crippen molar-refractivity contribution in [2.45, 2.75) is 45.4 Å². The van der Waals surface area contributed by atoms with E-state index < -0.39 is 0 Å². The fourth-order valence-corrected chi connectivity index (χ4v) is 3.76. The lowest BCUT2D eigenvalue weighted by atomic mass is 9.67. The zero-order valence-electron chi connectivity index (χ0n) is 12.6. The molecule has 2 saturated carbocycles. The molecule has 112 valence electrons. The van der Waals surface area contributed by atoms with E-state index in [2.05, 4.69) is 24.4 Å². The van der Waals surface area contributed by atoms with Crippen LogP contribution in [0.15, 0.2) is 24.3 Å². The number of hydrogen-bond donors (Lipinski definition) is 1. The second kappa shape index (κ2) is 6.00. The van der Waals surface area contributed by atoms with Crippen molar-refractivity contribution in [3.8, 4) is 0 Å². The maximum Gasteiger partial charge on any atom is 0.227 e. The number of hydrogen-bond acceptors (Lipinski definition) is 2. The predicted molar refractivity (Wildman–Crippen MR) is 83.0 cm³/mol. The number of amides is 1. The van der Waals surface area contributed by atoms with Gasteiger partial charge in [-0.15, -0.1) is 0 Å². The lowest BCUT2D eigenvalue weighted by molar-refractivity contribution is -0.136. The van der Waals surface area contributed by atoms with E-state index in [1.54, 1.807) is 0 Å². The number of aryl methyl sites for hydroxylation is 1. The Morgan fingerprint density at radius 2 is 1.76 bits per heavy atom. The maximum atomic E-state index is 12.4. The molecule has 0 aromatic heterocycles. The third-order valence-electron chi connectivity index (χ3n) is 5.05. The smallest absolute Gasteiger partial charge is 0.227 e. The van der Waals surface area contributed by atoms with E-state index in [-0.39, 0.29) is 23.7 Å². The minimum atomic E-state index is 0.00357. The first-order valence-electron chi connectivity index (χ1n) is 8.11. The molecule has 0 radical (unpaired) electrons. The highest BCUT2D eigenvalue weighted by atomic mass is 16.2. The van der Waals surface area contributed by atoms with Crippen molar-refractivity contribution in [2.24, 2.45) is 17.8 Å². The van der Waals surface area contributed by atoms with Gasteiger partial charge in [-0.05, 0) is 49.8 Å². The number of rotatable bonds is 3. The van der Waals surface area contributed by atoms with Crippen LogP contribution in [-0.2, 0) is 16.0 Å². The van der Waals surface area contributed by atoms with Gasteiger partial charge in [0.15, 0.2) is 0 Å². The Morgan fingerprint density at radius 1 is 1.14 bits per heavy atom. The summed E-state index contributed by atoms with van der Waals surface area (Å²) in [6.07, 6.45) is 5.59. The lowest BCUT2D eigenvalue weighted by Crippen LogP contribution is -2.40. The zero-order valence-corrected chi connectivity index (χ0v) is 12.6. The molecule has 1 aromatic rings. The minimum Gasteiger partial charge on any atom is -0.326 e. The number of anilines is 1. The molecule has 3 rings (SSSR count). The Labute approximate surface area is 126 Å². The SMILES string of the molecule is CCc1ccc(NC(=O)C2C[C@H]3CCC[C@@H](C2)C3=O)cc1. The van der Waals surface area contributed by atoms with Crippen molar-refractivity contribution in [3.63, 3.8) is 0 Å². The molecule has 1 unspecified atom stereocenters. The van der Waals surface area contributed by atoms with E-state index >= 15 is 0 Å². The molecular weight excluding hydrogens is 262 g/mol. The van der Waals surface area contributed by atoms with Crippen LogP contribution in [-0.4, -0.2) is 11.7 Å². The summed E-state index contributed by atoms with van der Waals surface area (Å²) in [5, 5.41) is 3.02. The Hall–Kier alpha value is -1.64. The van der Waals surface area contributed by atoms with Crippen molar-refractivity contribution < 1.29 is 9.59 Å². The molecule has 0 saturated heterocycles. The van der Waals surface area contributed by atoms with Crippen molar-refractivity contribution in [1.82, 2.24) is 0 Å². The van der Waals surface area contributed by atoms with Crippen molar-refractivity contribution in [3.05, 3.63) is 29.8 Å². The third kappa shape index (κ3) is 3.02. The van der Waals surface area contributed by atoms with Crippen LogP contribution in [0.2, 0.25) is 0 Å². The Bertz CT molecular complexity index is 519. The molecule has 3 heteroatoms. The standard InChI is InChI=1S/C18H23NO2/c1-2-12-6-8-16(9-7-12)19-18(21)15-10-13-4-3-5-14(11-15)17(13)20/h6-9,13-15H,2-5,10-11H2,1H3,(H,19,21)/t13-,14+,15?. The van der Waals surface area contributed by atoms with Crippen LogP contribution < -0.4 is 5.32 Å². The average molecular weight is 285 g/mol. The second-order valence-corrected chi connectivity index (χ2v) is 6.44. The van der Waals surface area contributed by atoms with Gasteiger partial charge in [0.25, 0.3) is 0 Å². The van der Waals surface area contributed by atoms with Crippen LogP contribution in [0.4, 0.5) is 5.69 Å². The van der Waals surface area contributed by atoms with E-state index in [4.69, 9.17) is 0 Å². The molecule has 2 fully saturated rings. The van der Waals surface area contributed by atoms with Crippen LogP contribution in [0, 0.1) is 17.8 Å². The number of Topliss-reactive ketones (excluding diaryl/α,β-unsaturated/α-hetero) is 1. The largest absolute Gasteiger partial charge is 0.326 e. The summed E-state index contributed by atoms with van der Waals surface area (Å²) in [5.74, 6) is 0.775. The zero-order chi connectivity index (χ0) is 14.8. The van der Waals surface area contributed by atoms with Crippen molar-refractivity contribution in [1.29, 1.82) is 0 Å². The third-order valence-corrected chi connectivity index (χ3v) is 5.05. The average Bonchev–Trinajstić information content (AvgIpc) is 2.47. The summed E-state index contributed by atoms with van der Waals surface area (Å²) >= 11 is 0. The second-order valence-electron chi connectivity index (χ2n) is 6.44.